The second-order valence-corrected chi connectivity index (χ2v) is 4.97. The van der Waals surface area contributed by atoms with Crippen LogP contribution in [0, 0.1) is 0 Å². The third-order valence-electron chi connectivity index (χ3n) is 3.44. The van der Waals surface area contributed by atoms with E-state index in [-0.39, 0.29) is 12.5 Å². The number of ether oxygens (including phenoxy) is 2. The minimum Gasteiger partial charge on any atom is -0.494 e. The molecule has 0 aliphatic carbocycles. The highest BCUT2D eigenvalue weighted by atomic mass is 16.5. The zero-order valence-electron chi connectivity index (χ0n) is 12.3. The molecule has 5 heteroatoms. The van der Waals surface area contributed by atoms with Crippen molar-refractivity contribution < 1.29 is 19.1 Å². The zero-order chi connectivity index (χ0) is 15.1. The van der Waals surface area contributed by atoms with E-state index >= 15 is 0 Å². The predicted octanol–water partition coefficient (Wildman–Crippen LogP) is 2.25. The summed E-state index contributed by atoms with van der Waals surface area (Å²) in [5.74, 6) is 0.107. The maximum absolute atomic E-state index is 11.9. The number of piperidine rings is 1. The van der Waals surface area contributed by atoms with Crippen LogP contribution in [0.15, 0.2) is 24.3 Å². The molecule has 1 heterocycles. The molecule has 0 spiro atoms. The third kappa shape index (κ3) is 4.48. The SMILES string of the molecule is CCOc1ccc(C(=O)OCC(=O)N2CCCCC2)cc1. The monoisotopic (exact) mass is 291 g/mol. The average Bonchev–Trinajstić information content (AvgIpc) is 2.54. The maximum atomic E-state index is 11.9. The first-order valence-electron chi connectivity index (χ1n) is 7.38. The van der Waals surface area contributed by atoms with Crippen LogP contribution in [0.25, 0.3) is 0 Å². The van der Waals surface area contributed by atoms with Gasteiger partial charge in [0, 0.05) is 13.1 Å². The topological polar surface area (TPSA) is 55.8 Å². The second-order valence-electron chi connectivity index (χ2n) is 4.97. The van der Waals surface area contributed by atoms with Gasteiger partial charge in [0.15, 0.2) is 6.61 Å². The van der Waals surface area contributed by atoms with Crippen LogP contribution in [0.1, 0.15) is 36.5 Å². The molecular formula is C16H21NO4. The lowest BCUT2D eigenvalue weighted by Gasteiger charge is -2.26. The van der Waals surface area contributed by atoms with Crippen molar-refractivity contribution in [3.63, 3.8) is 0 Å². The van der Waals surface area contributed by atoms with Crippen LogP contribution in [0.5, 0.6) is 5.75 Å². The van der Waals surface area contributed by atoms with E-state index in [0.29, 0.717) is 17.9 Å². The number of nitrogens with zero attached hydrogens (tertiary/aromatic N) is 1. The van der Waals surface area contributed by atoms with Crippen molar-refractivity contribution in [3.05, 3.63) is 29.8 Å². The quantitative estimate of drug-likeness (QED) is 0.781. The van der Waals surface area contributed by atoms with E-state index < -0.39 is 5.97 Å². The zero-order valence-corrected chi connectivity index (χ0v) is 12.3. The summed E-state index contributed by atoms with van der Waals surface area (Å²) in [6.45, 7) is 3.81. The number of carbonyl (C=O) groups excluding carboxylic acids is 2. The molecule has 0 unspecified atom stereocenters. The van der Waals surface area contributed by atoms with E-state index in [1.807, 2.05) is 6.92 Å². The van der Waals surface area contributed by atoms with Crippen molar-refractivity contribution >= 4 is 11.9 Å². The number of hydrogen-bond donors (Lipinski definition) is 0. The van der Waals surface area contributed by atoms with Crippen molar-refractivity contribution in [3.8, 4) is 5.75 Å². The fourth-order valence-corrected chi connectivity index (χ4v) is 2.30. The second kappa shape index (κ2) is 7.67. The minimum absolute atomic E-state index is 0.117. The fourth-order valence-electron chi connectivity index (χ4n) is 2.30. The largest absolute Gasteiger partial charge is 0.494 e. The Bertz CT molecular complexity index is 478. The van der Waals surface area contributed by atoms with E-state index in [9.17, 15) is 9.59 Å². The van der Waals surface area contributed by atoms with Gasteiger partial charge in [-0.1, -0.05) is 0 Å². The van der Waals surface area contributed by atoms with E-state index in [2.05, 4.69) is 0 Å². The van der Waals surface area contributed by atoms with Gasteiger partial charge in [0.05, 0.1) is 12.2 Å². The molecule has 1 aromatic rings. The highest BCUT2D eigenvalue weighted by Crippen LogP contribution is 2.13. The Morgan fingerprint density at radius 3 is 2.38 bits per heavy atom. The average molecular weight is 291 g/mol. The van der Waals surface area contributed by atoms with Crippen molar-refractivity contribution in [1.29, 1.82) is 0 Å². The Hall–Kier alpha value is -2.04. The molecule has 0 saturated carbocycles. The van der Waals surface area contributed by atoms with E-state index in [4.69, 9.17) is 9.47 Å². The Labute approximate surface area is 124 Å². The molecule has 0 aromatic heterocycles. The fraction of sp³-hybridized carbons (Fsp3) is 0.500. The standard InChI is InChI=1S/C16H21NO4/c1-2-20-14-8-6-13(7-9-14)16(19)21-12-15(18)17-10-4-3-5-11-17/h6-9H,2-5,10-12H2,1H3. The minimum atomic E-state index is -0.483. The summed E-state index contributed by atoms with van der Waals surface area (Å²) in [6, 6.07) is 6.70. The van der Waals surface area contributed by atoms with Crippen LogP contribution in [0.2, 0.25) is 0 Å². The van der Waals surface area contributed by atoms with Crippen molar-refractivity contribution in [2.24, 2.45) is 0 Å². The van der Waals surface area contributed by atoms with Crippen molar-refractivity contribution in [1.82, 2.24) is 4.90 Å². The summed E-state index contributed by atoms with van der Waals surface area (Å²) in [4.78, 5) is 25.5. The van der Waals surface area contributed by atoms with Crippen LogP contribution < -0.4 is 4.74 Å². The van der Waals surface area contributed by atoms with Gasteiger partial charge in [-0.05, 0) is 50.5 Å². The first-order valence-corrected chi connectivity index (χ1v) is 7.38. The molecule has 0 bridgehead atoms. The summed E-state index contributed by atoms with van der Waals surface area (Å²) < 4.78 is 10.4. The maximum Gasteiger partial charge on any atom is 0.338 e. The van der Waals surface area contributed by atoms with Gasteiger partial charge < -0.3 is 14.4 Å². The molecular weight excluding hydrogens is 270 g/mol. The van der Waals surface area contributed by atoms with E-state index in [0.717, 1.165) is 32.4 Å². The lowest BCUT2D eigenvalue weighted by Crippen LogP contribution is -2.38. The summed E-state index contributed by atoms with van der Waals surface area (Å²) in [5.41, 5.74) is 0.421. The molecule has 1 amide bonds. The van der Waals surface area contributed by atoms with Gasteiger partial charge >= 0.3 is 5.97 Å². The number of carbonyl (C=O) groups is 2. The van der Waals surface area contributed by atoms with Gasteiger partial charge in [-0.3, -0.25) is 4.79 Å². The molecule has 5 nitrogen and oxygen atoms in total. The van der Waals surface area contributed by atoms with Crippen LogP contribution in [0.4, 0.5) is 0 Å². The van der Waals surface area contributed by atoms with E-state index in [1.54, 1.807) is 29.2 Å². The summed E-state index contributed by atoms with van der Waals surface area (Å²) in [5, 5.41) is 0. The van der Waals surface area contributed by atoms with Gasteiger partial charge in [0.25, 0.3) is 5.91 Å². The van der Waals surface area contributed by atoms with E-state index in [1.165, 1.54) is 0 Å². The van der Waals surface area contributed by atoms with Crippen LogP contribution in [-0.2, 0) is 9.53 Å². The molecule has 21 heavy (non-hydrogen) atoms. The normalized spacial score (nSPS) is 14.6. The molecule has 0 radical (unpaired) electrons. The van der Waals surface area contributed by atoms with Crippen molar-refractivity contribution in [2.75, 3.05) is 26.3 Å². The van der Waals surface area contributed by atoms with Crippen LogP contribution >= 0.6 is 0 Å². The highest BCUT2D eigenvalue weighted by molar-refractivity contribution is 5.91. The van der Waals surface area contributed by atoms with Crippen LogP contribution in [0.3, 0.4) is 0 Å². The lowest BCUT2D eigenvalue weighted by atomic mass is 10.1. The molecule has 1 aromatic carbocycles. The molecule has 1 fully saturated rings. The number of amides is 1. The van der Waals surface area contributed by atoms with Crippen LogP contribution in [-0.4, -0.2) is 43.1 Å². The number of benzene rings is 1. The third-order valence-corrected chi connectivity index (χ3v) is 3.44. The molecule has 0 N–H and O–H groups in total. The predicted molar refractivity (Wildman–Crippen MR) is 78.3 cm³/mol. The molecule has 114 valence electrons. The molecule has 0 atom stereocenters. The summed E-state index contributed by atoms with van der Waals surface area (Å²) in [6.07, 6.45) is 3.22. The van der Waals surface area contributed by atoms with Gasteiger partial charge in [-0.25, -0.2) is 4.79 Å². The molecule has 1 aliphatic rings. The van der Waals surface area contributed by atoms with Gasteiger partial charge in [0.1, 0.15) is 5.75 Å². The first kappa shape index (κ1) is 15.4. The number of likely N-dealkylation sites (tertiary alicyclic amines) is 1. The molecule has 1 aliphatic heterocycles. The first-order chi connectivity index (χ1) is 10.2. The smallest absolute Gasteiger partial charge is 0.338 e. The van der Waals surface area contributed by atoms with Gasteiger partial charge in [-0.2, -0.15) is 0 Å². The Balaban J connectivity index is 1.82. The Morgan fingerprint density at radius 1 is 1.10 bits per heavy atom. The van der Waals surface area contributed by atoms with Gasteiger partial charge in [-0.15, -0.1) is 0 Å². The summed E-state index contributed by atoms with van der Waals surface area (Å²) >= 11 is 0. The lowest BCUT2D eigenvalue weighted by molar-refractivity contribution is -0.135. The van der Waals surface area contributed by atoms with Crippen molar-refractivity contribution in [2.45, 2.75) is 26.2 Å². The molecule has 1 saturated heterocycles. The highest BCUT2D eigenvalue weighted by Gasteiger charge is 2.18. The van der Waals surface area contributed by atoms with Gasteiger partial charge in [0.2, 0.25) is 0 Å². The number of hydrogen-bond acceptors (Lipinski definition) is 4. The molecule has 2 rings (SSSR count). The Morgan fingerprint density at radius 2 is 1.76 bits per heavy atom. The number of rotatable bonds is 5. The number of esters is 1. The summed E-state index contributed by atoms with van der Waals surface area (Å²) in [7, 11) is 0. The Kier molecular flexibility index (Phi) is 5.60.